The van der Waals surface area contributed by atoms with Gasteiger partial charge in [0.25, 0.3) is 0 Å². The van der Waals surface area contributed by atoms with E-state index in [2.05, 4.69) is 38.2 Å². The van der Waals surface area contributed by atoms with Gasteiger partial charge < -0.3 is 28.6 Å². The van der Waals surface area contributed by atoms with Crippen molar-refractivity contribution in [2.75, 3.05) is 41.0 Å². The van der Waals surface area contributed by atoms with Gasteiger partial charge in [0.05, 0.1) is 40.3 Å². The number of rotatable bonds is 34. The van der Waals surface area contributed by atoms with Crippen LogP contribution in [-0.2, 0) is 28.6 Å². The molecule has 0 bridgehead atoms. The van der Waals surface area contributed by atoms with Crippen LogP contribution >= 0.6 is 0 Å². The Morgan fingerprint density at radius 3 is 1.67 bits per heavy atom. The molecule has 49 heavy (non-hydrogen) atoms. The first kappa shape index (κ1) is 46.5. The first-order valence-corrected chi connectivity index (χ1v) is 19.5. The Balaban J connectivity index is 4.44. The summed E-state index contributed by atoms with van der Waals surface area (Å²) in [7, 11) is 5.39. The number of nitrogens with zero attached hydrogens (tertiary/aromatic N) is 1. The summed E-state index contributed by atoms with van der Waals surface area (Å²) in [6.07, 6.45) is 34.5. The predicted octanol–water partition coefficient (Wildman–Crippen LogP) is 8.57. The molecule has 0 radical (unpaired) electrons. The third-order valence-electron chi connectivity index (χ3n) is 8.60. The van der Waals surface area contributed by atoms with E-state index in [1.807, 2.05) is 12.2 Å². The van der Waals surface area contributed by atoms with Crippen LogP contribution in [-0.4, -0.2) is 75.5 Å². The molecule has 0 amide bonds. The largest absolute Gasteiger partial charge is 0.544 e. The van der Waals surface area contributed by atoms with Crippen LogP contribution in [0.1, 0.15) is 155 Å². The molecule has 0 N–H and O–H groups in total. The molecule has 8 nitrogen and oxygen atoms in total. The molecule has 8 heteroatoms. The number of allylic oxidation sites excluding steroid dienone is 6. The number of likely N-dealkylation sites (N-methyl/N-ethyl adjacent to an activating group) is 1. The second-order valence-corrected chi connectivity index (χ2v) is 14.2. The number of carboxylic acids is 1. The summed E-state index contributed by atoms with van der Waals surface area (Å²) in [6.45, 7) is 4.49. The summed E-state index contributed by atoms with van der Waals surface area (Å²) in [5.74, 6) is -1.76. The van der Waals surface area contributed by atoms with Crippen LogP contribution in [0.3, 0.4) is 0 Å². The normalized spacial score (nSPS) is 13.4. The predicted molar refractivity (Wildman–Crippen MR) is 199 cm³/mol. The first-order chi connectivity index (χ1) is 23.6. The standard InChI is InChI=1S/C41H73NO7/c1-6-8-10-12-14-16-18-20-22-24-26-28-30-32-40(44)49-37(35-47-34-33-38(41(45)46)42(3,4)5)36-48-39(43)31-29-27-25-23-21-19-17-15-13-11-9-7-2/h8,10,12,14,16,18,37-38H,6-7,9,11,13,15,17,19-36H2,1-5H3/b10-8+,14-12+,18-16+. The fourth-order valence-electron chi connectivity index (χ4n) is 5.54. The van der Waals surface area contributed by atoms with Gasteiger partial charge in [0.2, 0.25) is 0 Å². The highest BCUT2D eigenvalue weighted by Gasteiger charge is 2.25. The average molecular weight is 692 g/mol. The number of hydrogen-bond acceptors (Lipinski definition) is 7. The van der Waals surface area contributed by atoms with E-state index in [4.69, 9.17) is 14.2 Å². The van der Waals surface area contributed by atoms with Crippen molar-refractivity contribution >= 4 is 17.9 Å². The fraction of sp³-hybridized carbons (Fsp3) is 0.780. The minimum Gasteiger partial charge on any atom is -0.544 e. The van der Waals surface area contributed by atoms with Crippen molar-refractivity contribution in [1.29, 1.82) is 0 Å². The van der Waals surface area contributed by atoms with E-state index in [0.717, 1.165) is 64.2 Å². The number of hydrogen-bond donors (Lipinski definition) is 0. The second kappa shape index (κ2) is 32.7. The van der Waals surface area contributed by atoms with Gasteiger partial charge in [0.1, 0.15) is 12.6 Å². The van der Waals surface area contributed by atoms with Gasteiger partial charge >= 0.3 is 11.9 Å². The lowest BCUT2D eigenvalue weighted by Gasteiger charge is -2.34. The van der Waals surface area contributed by atoms with Crippen LogP contribution in [0, 0.1) is 0 Å². The number of ether oxygens (including phenoxy) is 3. The number of aliphatic carboxylic acids is 1. The molecular weight excluding hydrogens is 618 g/mol. The Kier molecular flexibility index (Phi) is 31.1. The maximum absolute atomic E-state index is 12.6. The van der Waals surface area contributed by atoms with Crippen LogP contribution in [0.25, 0.3) is 0 Å². The summed E-state index contributed by atoms with van der Waals surface area (Å²) < 4.78 is 17.1. The second-order valence-electron chi connectivity index (χ2n) is 14.2. The molecular formula is C41H73NO7. The molecule has 2 unspecified atom stereocenters. The smallest absolute Gasteiger partial charge is 0.306 e. The van der Waals surface area contributed by atoms with Gasteiger partial charge in [-0.15, -0.1) is 0 Å². The summed E-state index contributed by atoms with van der Waals surface area (Å²) >= 11 is 0. The lowest BCUT2D eigenvalue weighted by atomic mass is 10.0. The number of carboxylic acid groups (broad SMARTS) is 1. The summed E-state index contributed by atoms with van der Waals surface area (Å²) in [5, 5.41) is 11.6. The Morgan fingerprint density at radius 1 is 0.633 bits per heavy atom. The van der Waals surface area contributed by atoms with Crippen molar-refractivity contribution < 1.29 is 38.2 Å². The van der Waals surface area contributed by atoms with Crippen molar-refractivity contribution in [2.24, 2.45) is 0 Å². The van der Waals surface area contributed by atoms with Crippen LogP contribution in [0.5, 0.6) is 0 Å². The van der Waals surface area contributed by atoms with Gasteiger partial charge in [-0.05, 0) is 32.1 Å². The van der Waals surface area contributed by atoms with E-state index in [9.17, 15) is 19.5 Å². The maximum atomic E-state index is 12.6. The van der Waals surface area contributed by atoms with E-state index in [0.29, 0.717) is 12.8 Å². The zero-order chi connectivity index (χ0) is 36.4. The number of unbranched alkanes of at least 4 members (excludes halogenated alkanes) is 16. The van der Waals surface area contributed by atoms with E-state index in [1.54, 1.807) is 21.1 Å². The van der Waals surface area contributed by atoms with E-state index >= 15 is 0 Å². The summed E-state index contributed by atoms with van der Waals surface area (Å²) in [4.78, 5) is 36.6. The molecule has 0 heterocycles. The van der Waals surface area contributed by atoms with Gasteiger partial charge in [0, 0.05) is 19.3 Å². The molecule has 0 aromatic heterocycles. The topological polar surface area (TPSA) is 102 Å². The van der Waals surface area contributed by atoms with E-state index in [-0.39, 0.29) is 42.7 Å². The number of quaternary nitrogens is 1. The summed E-state index contributed by atoms with van der Waals surface area (Å²) in [6, 6.07) is -0.727. The molecule has 0 saturated carbocycles. The quantitative estimate of drug-likeness (QED) is 0.0288. The average Bonchev–Trinajstić information content (AvgIpc) is 3.05. The Labute approximate surface area is 300 Å². The van der Waals surface area contributed by atoms with Crippen molar-refractivity contribution in [3.05, 3.63) is 36.5 Å². The molecule has 284 valence electrons. The lowest BCUT2D eigenvalue weighted by Crippen LogP contribution is -2.55. The molecule has 0 aliphatic carbocycles. The highest BCUT2D eigenvalue weighted by Crippen LogP contribution is 2.14. The van der Waals surface area contributed by atoms with Crippen molar-refractivity contribution in [3.8, 4) is 0 Å². The fourth-order valence-corrected chi connectivity index (χ4v) is 5.54. The summed E-state index contributed by atoms with van der Waals surface area (Å²) in [5.41, 5.74) is 0. The maximum Gasteiger partial charge on any atom is 0.306 e. The Bertz CT molecular complexity index is 906. The zero-order valence-electron chi connectivity index (χ0n) is 32.1. The van der Waals surface area contributed by atoms with Gasteiger partial charge in [-0.2, -0.15) is 0 Å². The molecule has 0 aliphatic heterocycles. The monoisotopic (exact) mass is 692 g/mol. The number of esters is 2. The molecule has 0 spiro atoms. The van der Waals surface area contributed by atoms with Gasteiger partial charge in [-0.3, -0.25) is 9.59 Å². The number of carbonyl (C=O) groups is 3. The zero-order valence-corrected chi connectivity index (χ0v) is 32.1. The van der Waals surface area contributed by atoms with E-state index in [1.165, 1.54) is 57.8 Å². The van der Waals surface area contributed by atoms with Crippen LogP contribution < -0.4 is 5.11 Å². The van der Waals surface area contributed by atoms with Crippen LogP contribution in [0.4, 0.5) is 0 Å². The molecule has 0 aromatic rings. The molecule has 0 aromatic carbocycles. The molecule has 0 saturated heterocycles. The Morgan fingerprint density at radius 2 is 1.14 bits per heavy atom. The number of carbonyl (C=O) groups excluding carboxylic acids is 3. The van der Waals surface area contributed by atoms with Crippen molar-refractivity contribution in [3.63, 3.8) is 0 Å². The third-order valence-corrected chi connectivity index (χ3v) is 8.60. The first-order valence-electron chi connectivity index (χ1n) is 19.5. The van der Waals surface area contributed by atoms with Crippen LogP contribution in [0.15, 0.2) is 36.5 Å². The lowest BCUT2D eigenvalue weighted by molar-refractivity contribution is -0.889. The van der Waals surface area contributed by atoms with Crippen molar-refractivity contribution in [2.45, 2.75) is 167 Å². The van der Waals surface area contributed by atoms with Crippen molar-refractivity contribution in [1.82, 2.24) is 0 Å². The minimum absolute atomic E-state index is 0.0339. The Hall–Kier alpha value is -2.45. The van der Waals surface area contributed by atoms with Gasteiger partial charge in [-0.1, -0.05) is 140 Å². The van der Waals surface area contributed by atoms with Gasteiger partial charge in [0.15, 0.2) is 6.10 Å². The SMILES string of the molecule is CC/C=C/C=C/C=C/CCCCCCCC(=O)OC(COCCC(C(=O)[O-])[N+](C)(C)C)COC(=O)CCCCCCCCCCCCCC. The van der Waals surface area contributed by atoms with Crippen LogP contribution in [0.2, 0.25) is 0 Å². The molecule has 0 fully saturated rings. The third kappa shape index (κ3) is 31.3. The van der Waals surface area contributed by atoms with Gasteiger partial charge in [-0.25, -0.2) is 0 Å². The molecule has 0 aliphatic rings. The minimum atomic E-state index is -1.13. The highest BCUT2D eigenvalue weighted by molar-refractivity contribution is 5.70. The van der Waals surface area contributed by atoms with E-state index < -0.39 is 18.1 Å². The molecule has 0 rings (SSSR count). The highest BCUT2D eigenvalue weighted by atomic mass is 16.6. The molecule has 2 atom stereocenters.